The Balaban J connectivity index is 3.83. The van der Waals surface area contributed by atoms with E-state index in [0.717, 1.165) is 11.1 Å². The van der Waals surface area contributed by atoms with Gasteiger partial charge in [-0.05, 0) is 44.4 Å². The Kier molecular flexibility index (Phi) is 2.98. The van der Waals surface area contributed by atoms with Crippen LogP contribution in [0.5, 0.6) is 0 Å². The number of hydrogen-bond acceptors (Lipinski definition) is 3. The zero-order chi connectivity index (χ0) is 12.6. The number of carbonyl (C=O) groups is 1. The number of benzene rings is 1. The second-order valence-electron chi connectivity index (χ2n) is 3.79. The van der Waals surface area contributed by atoms with Gasteiger partial charge in [0.1, 0.15) is 5.56 Å². The quantitative estimate of drug-likeness (QED) is 0.617. The van der Waals surface area contributed by atoms with E-state index in [0.29, 0.717) is 11.1 Å². The number of nitro groups is 1. The first-order valence-electron chi connectivity index (χ1n) is 4.77. The first-order valence-corrected chi connectivity index (χ1v) is 4.77. The van der Waals surface area contributed by atoms with E-state index in [2.05, 4.69) is 0 Å². The van der Waals surface area contributed by atoms with Gasteiger partial charge in [0.2, 0.25) is 0 Å². The van der Waals surface area contributed by atoms with Gasteiger partial charge >= 0.3 is 5.97 Å². The molecular weight excluding hydrogens is 210 g/mol. The van der Waals surface area contributed by atoms with Crippen LogP contribution in [0.25, 0.3) is 0 Å². The van der Waals surface area contributed by atoms with Gasteiger partial charge in [-0.1, -0.05) is 0 Å². The molecule has 5 nitrogen and oxygen atoms in total. The van der Waals surface area contributed by atoms with Crippen LogP contribution in [0.3, 0.4) is 0 Å². The van der Waals surface area contributed by atoms with Crippen molar-refractivity contribution >= 4 is 11.7 Å². The van der Waals surface area contributed by atoms with Crippen LogP contribution in [-0.2, 0) is 0 Å². The molecule has 0 aliphatic rings. The standard InChI is InChI=1S/C11H13NO4/c1-5-6(2)8(4)10(12(15)16)9(7(5)3)11(13)14/h1-4H3,(H,13,14). The van der Waals surface area contributed by atoms with Crippen LogP contribution in [-0.4, -0.2) is 16.0 Å². The van der Waals surface area contributed by atoms with Crippen LogP contribution in [0.4, 0.5) is 5.69 Å². The lowest BCUT2D eigenvalue weighted by atomic mass is 9.92. The van der Waals surface area contributed by atoms with Crippen LogP contribution >= 0.6 is 0 Å². The molecule has 0 aliphatic carbocycles. The molecule has 0 aromatic heterocycles. The average molecular weight is 223 g/mol. The van der Waals surface area contributed by atoms with Crippen molar-refractivity contribution in [2.75, 3.05) is 0 Å². The van der Waals surface area contributed by atoms with E-state index in [1.807, 2.05) is 0 Å². The smallest absolute Gasteiger partial charge is 0.343 e. The monoisotopic (exact) mass is 223 g/mol. The Morgan fingerprint density at radius 2 is 1.50 bits per heavy atom. The highest BCUT2D eigenvalue weighted by Gasteiger charge is 2.27. The van der Waals surface area contributed by atoms with Crippen LogP contribution < -0.4 is 0 Å². The summed E-state index contributed by atoms with van der Waals surface area (Å²) in [4.78, 5) is 21.3. The summed E-state index contributed by atoms with van der Waals surface area (Å²) < 4.78 is 0. The minimum Gasteiger partial charge on any atom is -0.477 e. The molecule has 1 N–H and O–H groups in total. The first kappa shape index (κ1) is 12.2. The third kappa shape index (κ3) is 1.64. The number of hydrogen-bond donors (Lipinski definition) is 1. The molecule has 1 aromatic rings. The van der Waals surface area contributed by atoms with Crippen LogP contribution in [0.1, 0.15) is 32.6 Å². The van der Waals surface area contributed by atoms with E-state index in [1.165, 1.54) is 0 Å². The van der Waals surface area contributed by atoms with Gasteiger partial charge in [0.15, 0.2) is 0 Å². The second-order valence-corrected chi connectivity index (χ2v) is 3.79. The molecule has 0 saturated heterocycles. The Bertz CT molecular complexity index is 446. The molecule has 0 heterocycles. The van der Waals surface area contributed by atoms with Gasteiger partial charge in [0, 0.05) is 5.56 Å². The second kappa shape index (κ2) is 3.92. The fourth-order valence-electron chi connectivity index (χ4n) is 1.78. The summed E-state index contributed by atoms with van der Waals surface area (Å²) in [5.74, 6) is -1.25. The minimum atomic E-state index is -1.25. The zero-order valence-corrected chi connectivity index (χ0v) is 9.62. The first-order chi connectivity index (χ1) is 7.29. The highest BCUT2D eigenvalue weighted by Crippen LogP contribution is 2.32. The molecule has 0 bridgehead atoms. The van der Waals surface area contributed by atoms with Crippen molar-refractivity contribution in [3.05, 3.63) is 37.9 Å². The summed E-state index contributed by atoms with van der Waals surface area (Å²) in [6, 6.07) is 0. The Morgan fingerprint density at radius 3 is 1.88 bits per heavy atom. The Hall–Kier alpha value is -1.91. The largest absolute Gasteiger partial charge is 0.477 e. The van der Waals surface area contributed by atoms with Gasteiger partial charge < -0.3 is 5.11 Å². The van der Waals surface area contributed by atoms with E-state index < -0.39 is 10.9 Å². The van der Waals surface area contributed by atoms with Gasteiger partial charge in [-0.2, -0.15) is 0 Å². The predicted octanol–water partition coefficient (Wildman–Crippen LogP) is 2.53. The molecule has 0 amide bonds. The summed E-state index contributed by atoms with van der Waals surface area (Å²) in [6.45, 7) is 6.70. The SMILES string of the molecule is Cc1c(C)c(C)c([N+](=O)[O-])c(C(=O)O)c1C. The Labute approximate surface area is 92.9 Å². The van der Waals surface area contributed by atoms with E-state index in [9.17, 15) is 14.9 Å². The van der Waals surface area contributed by atoms with E-state index in [4.69, 9.17) is 5.11 Å². The summed E-state index contributed by atoms with van der Waals surface area (Å²) in [7, 11) is 0. The van der Waals surface area contributed by atoms with Crippen molar-refractivity contribution in [1.82, 2.24) is 0 Å². The normalized spacial score (nSPS) is 10.2. The number of carboxylic acid groups (broad SMARTS) is 1. The van der Waals surface area contributed by atoms with Crippen molar-refractivity contribution in [2.45, 2.75) is 27.7 Å². The van der Waals surface area contributed by atoms with Gasteiger partial charge in [-0.3, -0.25) is 10.1 Å². The van der Waals surface area contributed by atoms with E-state index in [-0.39, 0.29) is 11.3 Å². The molecule has 0 atom stereocenters. The third-order valence-electron chi connectivity index (χ3n) is 3.05. The lowest BCUT2D eigenvalue weighted by Crippen LogP contribution is -2.10. The summed E-state index contributed by atoms with van der Waals surface area (Å²) >= 11 is 0. The topological polar surface area (TPSA) is 80.4 Å². The van der Waals surface area contributed by atoms with E-state index >= 15 is 0 Å². The molecule has 1 rings (SSSR count). The molecule has 0 spiro atoms. The summed E-state index contributed by atoms with van der Waals surface area (Å²) in [5.41, 5.74) is 1.95. The van der Waals surface area contributed by atoms with Gasteiger partial charge in [0.25, 0.3) is 5.69 Å². The maximum atomic E-state index is 11.1. The molecule has 16 heavy (non-hydrogen) atoms. The molecular formula is C11H13NO4. The van der Waals surface area contributed by atoms with Crippen molar-refractivity contribution in [1.29, 1.82) is 0 Å². The maximum absolute atomic E-state index is 11.1. The third-order valence-corrected chi connectivity index (χ3v) is 3.05. The van der Waals surface area contributed by atoms with Crippen molar-refractivity contribution in [2.24, 2.45) is 0 Å². The number of carboxylic acids is 1. The molecule has 5 heteroatoms. The number of nitro benzene ring substituents is 1. The molecule has 0 aliphatic heterocycles. The number of nitrogens with zero attached hydrogens (tertiary/aromatic N) is 1. The molecule has 0 saturated carbocycles. The summed E-state index contributed by atoms with van der Waals surface area (Å²) in [6.07, 6.45) is 0. The Morgan fingerprint density at radius 1 is 1.06 bits per heavy atom. The average Bonchev–Trinajstić information content (AvgIpc) is 2.18. The highest BCUT2D eigenvalue weighted by molar-refractivity contribution is 5.95. The highest BCUT2D eigenvalue weighted by atomic mass is 16.6. The van der Waals surface area contributed by atoms with Gasteiger partial charge in [-0.15, -0.1) is 0 Å². The predicted molar refractivity (Wildman–Crippen MR) is 59.0 cm³/mol. The van der Waals surface area contributed by atoms with Gasteiger partial charge in [-0.25, -0.2) is 4.79 Å². The summed E-state index contributed by atoms with van der Waals surface area (Å²) in [5, 5.41) is 19.9. The zero-order valence-electron chi connectivity index (χ0n) is 9.62. The van der Waals surface area contributed by atoms with Crippen LogP contribution in [0.2, 0.25) is 0 Å². The number of rotatable bonds is 2. The van der Waals surface area contributed by atoms with Crippen molar-refractivity contribution in [3.63, 3.8) is 0 Å². The van der Waals surface area contributed by atoms with Gasteiger partial charge in [0.05, 0.1) is 4.92 Å². The fraction of sp³-hybridized carbons (Fsp3) is 0.364. The molecule has 86 valence electrons. The molecule has 1 aromatic carbocycles. The van der Waals surface area contributed by atoms with E-state index in [1.54, 1.807) is 27.7 Å². The fourth-order valence-corrected chi connectivity index (χ4v) is 1.78. The maximum Gasteiger partial charge on any atom is 0.343 e. The lowest BCUT2D eigenvalue weighted by Gasteiger charge is -2.12. The minimum absolute atomic E-state index is 0.203. The molecule has 0 unspecified atom stereocenters. The van der Waals surface area contributed by atoms with Crippen molar-refractivity contribution < 1.29 is 14.8 Å². The molecule has 0 radical (unpaired) electrons. The van der Waals surface area contributed by atoms with Crippen molar-refractivity contribution in [3.8, 4) is 0 Å². The van der Waals surface area contributed by atoms with Crippen LogP contribution in [0.15, 0.2) is 0 Å². The molecule has 0 fully saturated rings. The lowest BCUT2D eigenvalue weighted by molar-refractivity contribution is -0.385. The number of aromatic carboxylic acids is 1. The van der Waals surface area contributed by atoms with Crippen LogP contribution in [0, 0.1) is 37.8 Å².